The van der Waals surface area contributed by atoms with Crippen LogP contribution in [0.2, 0.25) is 4.34 Å². The number of ether oxygens (including phenoxy) is 1. The van der Waals surface area contributed by atoms with Crippen LogP contribution in [0.3, 0.4) is 0 Å². The maximum absolute atomic E-state index is 5.96. The maximum Gasteiger partial charge on any atom is 0.242 e. The zero-order chi connectivity index (χ0) is 13.7. The Morgan fingerprint density at radius 2 is 2.26 bits per heavy atom. The lowest BCUT2D eigenvalue weighted by molar-refractivity contribution is 0.306. The van der Waals surface area contributed by atoms with Crippen molar-refractivity contribution in [3.8, 4) is 5.88 Å². The van der Waals surface area contributed by atoms with Gasteiger partial charge in [-0.2, -0.15) is 4.98 Å². The van der Waals surface area contributed by atoms with Gasteiger partial charge in [-0.05, 0) is 18.6 Å². The average molecular weight is 299 g/mol. The summed E-state index contributed by atoms with van der Waals surface area (Å²) in [7, 11) is 0. The lowest BCUT2D eigenvalue weighted by Gasteiger charge is -2.10. The lowest BCUT2D eigenvalue weighted by Crippen LogP contribution is -2.07. The number of thiophene rings is 1. The van der Waals surface area contributed by atoms with Crippen molar-refractivity contribution >= 4 is 34.4 Å². The molecule has 0 atom stereocenters. The van der Waals surface area contributed by atoms with Gasteiger partial charge < -0.3 is 15.8 Å². The fraction of sp³-hybridized carbons (Fsp3) is 0.333. The van der Waals surface area contributed by atoms with E-state index in [1.807, 2.05) is 19.1 Å². The van der Waals surface area contributed by atoms with Gasteiger partial charge in [-0.1, -0.05) is 18.5 Å². The van der Waals surface area contributed by atoms with E-state index in [4.69, 9.17) is 22.1 Å². The SMILES string of the molecule is CCCOc1ncnc(NCc2ccc(Cl)s2)c1N. The van der Waals surface area contributed by atoms with Crippen molar-refractivity contribution in [2.45, 2.75) is 19.9 Å². The Kier molecular flexibility index (Phi) is 4.81. The molecular weight excluding hydrogens is 284 g/mol. The van der Waals surface area contributed by atoms with E-state index in [9.17, 15) is 0 Å². The molecule has 0 aliphatic rings. The van der Waals surface area contributed by atoms with Gasteiger partial charge >= 0.3 is 0 Å². The number of aromatic nitrogens is 2. The molecule has 102 valence electrons. The van der Waals surface area contributed by atoms with Crippen LogP contribution in [0.15, 0.2) is 18.5 Å². The van der Waals surface area contributed by atoms with Crippen LogP contribution >= 0.6 is 22.9 Å². The van der Waals surface area contributed by atoms with E-state index in [-0.39, 0.29) is 0 Å². The summed E-state index contributed by atoms with van der Waals surface area (Å²) in [5, 5.41) is 3.16. The Bertz CT molecular complexity index is 546. The highest BCUT2D eigenvalue weighted by atomic mass is 35.5. The second-order valence-electron chi connectivity index (χ2n) is 3.85. The Balaban J connectivity index is 2.03. The maximum atomic E-state index is 5.96. The standard InChI is InChI=1S/C12H15ClN4OS/c1-2-5-18-12-10(14)11(16-7-17-12)15-6-8-3-4-9(13)19-8/h3-4,7H,2,5-6,14H2,1H3,(H,15,16,17). The minimum Gasteiger partial charge on any atom is -0.476 e. The lowest BCUT2D eigenvalue weighted by atomic mass is 10.4. The second kappa shape index (κ2) is 6.58. The number of nitrogen functional groups attached to an aromatic ring is 1. The summed E-state index contributed by atoms with van der Waals surface area (Å²) in [5.74, 6) is 0.995. The van der Waals surface area contributed by atoms with E-state index >= 15 is 0 Å². The third-order valence-corrected chi connectivity index (χ3v) is 3.58. The molecule has 7 heteroatoms. The van der Waals surface area contributed by atoms with Gasteiger partial charge in [0.05, 0.1) is 17.5 Å². The minimum atomic E-state index is 0.420. The van der Waals surface area contributed by atoms with Crippen molar-refractivity contribution in [2.24, 2.45) is 0 Å². The Morgan fingerprint density at radius 3 is 2.95 bits per heavy atom. The number of halogens is 1. The summed E-state index contributed by atoms with van der Waals surface area (Å²) < 4.78 is 6.21. The summed E-state index contributed by atoms with van der Waals surface area (Å²) in [5.41, 5.74) is 6.39. The second-order valence-corrected chi connectivity index (χ2v) is 5.65. The smallest absolute Gasteiger partial charge is 0.242 e. The average Bonchev–Trinajstić information content (AvgIpc) is 2.82. The van der Waals surface area contributed by atoms with E-state index in [1.54, 1.807) is 0 Å². The van der Waals surface area contributed by atoms with Crippen molar-refractivity contribution < 1.29 is 4.74 Å². The van der Waals surface area contributed by atoms with E-state index in [1.165, 1.54) is 17.7 Å². The molecule has 5 nitrogen and oxygen atoms in total. The topological polar surface area (TPSA) is 73.1 Å². The molecule has 0 fully saturated rings. The first-order valence-corrected chi connectivity index (χ1v) is 7.11. The fourth-order valence-corrected chi connectivity index (χ4v) is 2.48. The molecule has 0 aromatic carbocycles. The van der Waals surface area contributed by atoms with Crippen LogP contribution in [-0.2, 0) is 6.54 Å². The third kappa shape index (κ3) is 3.71. The number of hydrogen-bond donors (Lipinski definition) is 2. The molecule has 0 aliphatic heterocycles. The van der Waals surface area contributed by atoms with E-state index in [2.05, 4.69) is 15.3 Å². The molecule has 3 N–H and O–H groups in total. The van der Waals surface area contributed by atoms with Crippen LogP contribution in [0.4, 0.5) is 11.5 Å². The van der Waals surface area contributed by atoms with Crippen LogP contribution in [0.25, 0.3) is 0 Å². The van der Waals surface area contributed by atoms with Crippen molar-refractivity contribution in [1.29, 1.82) is 0 Å². The van der Waals surface area contributed by atoms with Gasteiger partial charge in [0.15, 0.2) is 5.82 Å². The van der Waals surface area contributed by atoms with E-state index < -0.39 is 0 Å². The molecule has 2 aromatic heterocycles. The monoisotopic (exact) mass is 298 g/mol. The summed E-state index contributed by atoms with van der Waals surface area (Å²) in [6, 6.07) is 3.83. The molecule has 0 saturated carbocycles. The highest BCUT2D eigenvalue weighted by Crippen LogP contribution is 2.26. The number of hydrogen-bond acceptors (Lipinski definition) is 6. The van der Waals surface area contributed by atoms with Crippen molar-refractivity contribution in [1.82, 2.24) is 9.97 Å². The zero-order valence-electron chi connectivity index (χ0n) is 10.5. The Hall–Kier alpha value is -1.53. The van der Waals surface area contributed by atoms with Crippen molar-refractivity contribution in [3.05, 3.63) is 27.7 Å². The van der Waals surface area contributed by atoms with E-state index in [0.717, 1.165) is 15.6 Å². The molecule has 0 saturated heterocycles. The van der Waals surface area contributed by atoms with Crippen molar-refractivity contribution in [3.63, 3.8) is 0 Å². The first-order chi connectivity index (χ1) is 9.20. The summed E-state index contributed by atoms with van der Waals surface area (Å²) in [6.45, 7) is 3.23. The predicted octanol–water partition coefficient (Wildman–Crippen LogP) is 3.17. The molecule has 0 spiro atoms. The number of nitrogens with one attached hydrogen (secondary N) is 1. The predicted molar refractivity (Wildman–Crippen MR) is 78.9 cm³/mol. The Morgan fingerprint density at radius 1 is 1.42 bits per heavy atom. The molecular formula is C12H15ClN4OS. The molecule has 0 radical (unpaired) electrons. The third-order valence-electron chi connectivity index (χ3n) is 2.35. The van der Waals surface area contributed by atoms with Gasteiger partial charge in [0, 0.05) is 4.88 Å². The van der Waals surface area contributed by atoms with Gasteiger partial charge in [-0.25, -0.2) is 4.98 Å². The molecule has 0 amide bonds. The molecule has 0 unspecified atom stereocenters. The summed E-state index contributed by atoms with van der Waals surface area (Å²) in [4.78, 5) is 9.24. The van der Waals surface area contributed by atoms with Crippen LogP contribution < -0.4 is 15.8 Å². The van der Waals surface area contributed by atoms with Gasteiger partial charge in [0.25, 0.3) is 0 Å². The normalized spacial score (nSPS) is 10.4. The largest absolute Gasteiger partial charge is 0.476 e. The zero-order valence-corrected chi connectivity index (χ0v) is 12.1. The van der Waals surface area contributed by atoms with Gasteiger partial charge in [0.2, 0.25) is 5.88 Å². The summed E-state index contributed by atoms with van der Waals surface area (Å²) in [6.07, 6.45) is 2.34. The highest BCUT2D eigenvalue weighted by Gasteiger charge is 2.09. The first-order valence-electron chi connectivity index (χ1n) is 5.92. The van der Waals surface area contributed by atoms with Gasteiger partial charge in [-0.3, -0.25) is 0 Å². The molecule has 2 heterocycles. The quantitative estimate of drug-likeness (QED) is 0.857. The number of rotatable bonds is 6. The number of nitrogens with two attached hydrogens (primary N) is 1. The number of nitrogens with zero attached hydrogens (tertiary/aromatic N) is 2. The number of anilines is 2. The van der Waals surface area contributed by atoms with Crippen LogP contribution in [-0.4, -0.2) is 16.6 Å². The van der Waals surface area contributed by atoms with Gasteiger partial charge in [-0.15, -0.1) is 11.3 Å². The molecule has 2 aromatic rings. The first kappa shape index (κ1) is 13.9. The molecule has 0 aliphatic carbocycles. The van der Waals surface area contributed by atoms with Crippen LogP contribution in [0.1, 0.15) is 18.2 Å². The summed E-state index contributed by atoms with van der Waals surface area (Å²) >= 11 is 7.39. The molecule has 0 bridgehead atoms. The van der Waals surface area contributed by atoms with Gasteiger partial charge in [0.1, 0.15) is 12.0 Å². The molecule has 2 rings (SSSR count). The van der Waals surface area contributed by atoms with E-state index in [0.29, 0.717) is 30.5 Å². The minimum absolute atomic E-state index is 0.420. The fourth-order valence-electron chi connectivity index (χ4n) is 1.45. The van der Waals surface area contributed by atoms with Crippen molar-refractivity contribution in [2.75, 3.05) is 17.7 Å². The van der Waals surface area contributed by atoms with Crippen LogP contribution in [0, 0.1) is 0 Å². The van der Waals surface area contributed by atoms with Crippen LogP contribution in [0.5, 0.6) is 5.88 Å². The highest BCUT2D eigenvalue weighted by molar-refractivity contribution is 7.16. The Labute approximate surface area is 120 Å². The molecule has 19 heavy (non-hydrogen) atoms.